The van der Waals surface area contributed by atoms with Crippen LogP contribution in [0.5, 0.6) is 11.5 Å². The van der Waals surface area contributed by atoms with Crippen molar-refractivity contribution in [2.75, 3.05) is 14.2 Å². The van der Waals surface area contributed by atoms with E-state index in [1.807, 2.05) is 55.5 Å². The molecule has 6 heteroatoms. The Hall–Kier alpha value is -3.28. The van der Waals surface area contributed by atoms with Gasteiger partial charge in [0.15, 0.2) is 0 Å². The summed E-state index contributed by atoms with van der Waals surface area (Å²) in [6, 6.07) is 15.6. The molecule has 1 saturated carbocycles. The summed E-state index contributed by atoms with van der Waals surface area (Å²) in [6.07, 6.45) is 2.06. The minimum absolute atomic E-state index is 0.116. The molecule has 1 fully saturated rings. The van der Waals surface area contributed by atoms with Crippen molar-refractivity contribution in [2.45, 2.75) is 25.8 Å². The quantitative estimate of drug-likeness (QED) is 0.710. The molecule has 1 N–H and O–H groups in total. The lowest BCUT2D eigenvalue weighted by atomic mass is 10.1. The normalized spacial score (nSPS) is 13.2. The highest BCUT2D eigenvalue weighted by Crippen LogP contribution is 2.33. The summed E-state index contributed by atoms with van der Waals surface area (Å²) >= 11 is 0. The number of aryl methyl sites for hydroxylation is 1. The number of methoxy groups -OCH3 is 2. The van der Waals surface area contributed by atoms with Crippen molar-refractivity contribution >= 4 is 5.91 Å². The molecule has 1 amide bonds. The van der Waals surface area contributed by atoms with Gasteiger partial charge in [0.25, 0.3) is 5.91 Å². The molecule has 0 aliphatic heterocycles. The Balaban J connectivity index is 1.80. The van der Waals surface area contributed by atoms with Gasteiger partial charge in [-0.2, -0.15) is 5.10 Å². The van der Waals surface area contributed by atoms with Crippen LogP contribution < -0.4 is 14.8 Å². The van der Waals surface area contributed by atoms with E-state index in [0.29, 0.717) is 22.9 Å². The number of nitrogens with one attached hydrogen (secondary N) is 1. The van der Waals surface area contributed by atoms with Crippen LogP contribution in [0.2, 0.25) is 0 Å². The Kier molecular flexibility index (Phi) is 4.77. The highest BCUT2D eigenvalue weighted by Gasteiger charge is 2.27. The minimum Gasteiger partial charge on any atom is -0.497 e. The fraction of sp³-hybridized carbons (Fsp3) is 0.273. The van der Waals surface area contributed by atoms with E-state index in [0.717, 1.165) is 29.7 Å². The van der Waals surface area contributed by atoms with Crippen LogP contribution in [-0.2, 0) is 0 Å². The second-order valence-corrected chi connectivity index (χ2v) is 6.98. The van der Waals surface area contributed by atoms with E-state index in [1.54, 1.807) is 18.9 Å². The number of carbonyl (C=O) groups excluding carboxylic acids is 1. The first-order valence-electron chi connectivity index (χ1n) is 9.29. The van der Waals surface area contributed by atoms with Gasteiger partial charge in [0.1, 0.15) is 17.2 Å². The van der Waals surface area contributed by atoms with Crippen LogP contribution in [-0.4, -0.2) is 35.9 Å². The molecule has 4 rings (SSSR count). The molecule has 1 aromatic heterocycles. The van der Waals surface area contributed by atoms with Crippen molar-refractivity contribution in [3.8, 4) is 28.4 Å². The van der Waals surface area contributed by atoms with E-state index in [-0.39, 0.29) is 11.9 Å². The summed E-state index contributed by atoms with van der Waals surface area (Å²) in [5.41, 5.74) is 3.96. The van der Waals surface area contributed by atoms with Crippen molar-refractivity contribution in [2.24, 2.45) is 0 Å². The zero-order chi connectivity index (χ0) is 19.7. The maximum absolute atomic E-state index is 12.8. The van der Waals surface area contributed by atoms with Crippen LogP contribution in [0.4, 0.5) is 0 Å². The largest absolute Gasteiger partial charge is 0.497 e. The number of hydrogen-bond acceptors (Lipinski definition) is 4. The first-order valence-corrected chi connectivity index (χ1v) is 9.29. The second-order valence-electron chi connectivity index (χ2n) is 6.98. The fourth-order valence-corrected chi connectivity index (χ4v) is 3.05. The van der Waals surface area contributed by atoms with Gasteiger partial charge in [-0.05, 0) is 50.1 Å². The first kappa shape index (κ1) is 18.1. The maximum atomic E-state index is 12.8. The predicted molar refractivity (Wildman–Crippen MR) is 107 cm³/mol. The van der Waals surface area contributed by atoms with Gasteiger partial charge in [0, 0.05) is 17.7 Å². The first-order chi connectivity index (χ1) is 13.6. The number of amides is 1. The molecule has 0 radical (unpaired) electrons. The summed E-state index contributed by atoms with van der Waals surface area (Å²) in [5, 5.41) is 7.78. The zero-order valence-electron chi connectivity index (χ0n) is 16.2. The van der Waals surface area contributed by atoms with Crippen LogP contribution in [0, 0.1) is 6.92 Å². The second kappa shape index (κ2) is 7.38. The van der Waals surface area contributed by atoms with Gasteiger partial charge in [-0.15, -0.1) is 0 Å². The predicted octanol–water partition coefficient (Wildman–Crippen LogP) is 3.76. The van der Waals surface area contributed by atoms with Crippen LogP contribution in [0.1, 0.15) is 28.9 Å². The molecular formula is C22H23N3O3. The van der Waals surface area contributed by atoms with Crippen molar-refractivity contribution in [3.05, 3.63) is 59.8 Å². The number of ether oxygens (including phenoxy) is 2. The Labute approximate surface area is 164 Å². The van der Waals surface area contributed by atoms with Gasteiger partial charge in [-0.3, -0.25) is 4.79 Å². The summed E-state index contributed by atoms with van der Waals surface area (Å²) in [6.45, 7) is 2.03. The van der Waals surface area contributed by atoms with Crippen molar-refractivity contribution in [3.63, 3.8) is 0 Å². The van der Waals surface area contributed by atoms with E-state index in [9.17, 15) is 4.79 Å². The average Bonchev–Trinajstić information content (AvgIpc) is 3.42. The number of hydrogen-bond donors (Lipinski definition) is 1. The van der Waals surface area contributed by atoms with Gasteiger partial charge in [0.05, 0.1) is 25.6 Å². The Bertz CT molecular complexity index is 1000. The third-order valence-electron chi connectivity index (χ3n) is 4.82. The van der Waals surface area contributed by atoms with Crippen LogP contribution in [0.3, 0.4) is 0 Å². The summed E-state index contributed by atoms with van der Waals surface area (Å²) in [4.78, 5) is 12.8. The van der Waals surface area contributed by atoms with Crippen LogP contribution in [0.15, 0.2) is 48.5 Å². The topological polar surface area (TPSA) is 65.4 Å². The molecular weight excluding hydrogens is 354 g/mol. The molecule has 0 unspecified atom stereocenters. The molecule has 1 heterocycles. The number of rotatable bonds is 6. The molecule has 2 aromatic carbocycles. The molecule has 144 valence electrons. The van der Waals surface area contributed by atoms with Gasteiger partial charge < -0.3 is 14.8 Å². The minimum atomic E-state index is -0.116. The fourth-order valence-electron chi connectivity index (χ4n) is 3.05. The van der Waals surface area contributed by atoms with E-state index in [1.165, 1.54) is 0 Å². The van der Waals surface area contributed by atoms with Crippen molar-refractivity contribution < 1.29 is 14.3 Å². The van der Waals surface area contributed by atoms with E-state index in [2.05, 4.69) is 5.32 Å². The number of benzene rings is 2. The van der Waals surface area contributed by atoms with E-state index < -0.39 is 0 Å². The number of aromatic nitrogens is 2. The van der Waals surface area contributed by atoms with Gasteiger partial charge in [0.2, 0.25) is 0 Å². The smallest absolute Gasteiger partial charge is 0.270 e. The van der Waals surface area contributed by atoms with Crippen molar-refractivity contribution in [1.82, 2.24) is 15.1 Å². The standard InChI is InChI=1S/C22H23N3O3/c1-14-4-8-16(9-5-14)25-20(22(26)23-15-6-7-15)13-19(24-25)18-11-10-17(27-2)12-21(18)28-3/h4-5,8-13,15H,6-7H2,1-3H3,(H,23,26). The molecule has 0 saturated heterocycles. The highest BCUT2D eigenvalue weighted by molar-refractivity contribution is 5.95. The van der Waals surface area contributed by atoms with Crippen LogP contribution in [0.25, 0.3) is 16.9 Å². The molecule has 0 spiro atoms. The molecule has 1 aliphatic carbocycles. The number of nitrogens with zero attached hydrogens (tertiary/aromatic N) is 2. The van der Waals surface area contributed by atoms with Crippen LogP contribution >= 0.6 is 0 Å². The van der Waals surface area contributed by atoms with Gasteiger partial charge >= 0.3 is 0 Å². The molecule has 0 bridgehead atoms. The van der Waals surface area contributed by atoms with E-state index in [4.69, 9.17) is 14.6 Å². The third-order valence-corrected chi connectivity index (χ3v) is 4.82. The lowest BCUT2D eigenvalue weighted by Crippen LogP contribution is -2.27. The Morgan fingerprint density at radius 1 is 1.07 bits per heavy atom. The summed E-state index contributed by atoms with van der Waals surface area (Å²) in [5.74, 6) is 1.22. The SMILES string of the molecule is COc1ccc(-c2cc(C(=O)NC3CC3)n(-c3ccc(C)cc3)n2)c(OC)c1. The molecule has 3 aromatic rings. The summed E-state index contributed by atoms with van der Waals surface area (Å²) < 4.78 is 12.5. The maximum Gasteiger partial charge on any atom is 0.270 e. The molecule has 0 atom stereocenters. The lowest BCUT2D eigenvalue weighted by molar-refractivity contribution is 0.0943. The molecule has 6 nitrogen and oxygen atoms in total. The third kappa shape index (κ3) is 3.58. The Morgan fingerprint density at radius 2 is 1.82 bits per heavy atom. The zero-order valence-corrected chi connectivity index (χ0v) is 16.2. The average molecular weight is 377 g/mol. The lowest BCUT2D eigenvalue weighted by Gasteiger charge is -2.09. The number of carbonyl (C=O) groups is 1. The molecule has 1 aliphatic rings. The van der Waals surface area contributed by atoms with Crippen molar-refractivity contribution in [1.29, 1.82) is 0 Å². The summed E-state index contributed by atoms with van der Waals surface area (Å²) in [7, 11) is 3.22. The van der Waals surface area contributed by atoms with Gasteiger partial charge in [-0.25, -0.2) is 4.68 Å². The van der Waals surface area contributed by atoms with E-state index >= 15 is 0 Å². The Morgan fingerprint density at radius 3 is 2.46 bits per heavy atom. The van der Waals surface area contributed by atoms with Gasteiger partial charge in [-0.1, -0.05) is 17.7 Å². The monoisotopic (exact) mass is 377 g/mol. The highest BCUT2D eigenvalue weighted by atomic mass is 16.5. The molecule has 28 heavy (non-hydrogen) atoms.